The molecule has 0 atom stereocenters. The van der Waals surface area contributed by atoms with Gasteiger partial charge in [-0.05, 0) is 25.0 Å². The first-order chi connectivity index (χ1) is 9.69. The van der Waals surface area contributed by atoms with E-state index in [0.717, 1.165) is 25.9 Å². The Hall–Kier alpha value is -2.15. The molecule has 1 amide bonds. The van der Waals surface area contributed by atoms with Gasteiger partial charge in [0.2, 0.25) is 0 Å². The van der Waals surface area contributed by atoms with Gasteiger partial charge in [0.25, 0.3) is 5.91 Å². The molecule has 0 bridgehead atoms. The van der Waals surface area contributed by atoms with Crippen LogP contribution in [0.3, 0.4) is 0 Å². The van der Waals surface area contributed by atoms with E-state index in [9.17, 15) is 4.79 Å². The van der Waals surface area contributed by atoms with E-state index in [1.165, 1.54) is 0 Å². The molecule has 7 nitrogen and oxygen atoms in total. The number of likely N-dealkylation sites (tertiary alicyclic amines) is 1. The van der Waals surface area contributed by atoms with E-state index in [1.807, 2.05) is 0 Å². The van der Waals surface area contributed by atoms with E-state index in [1.54, 1.807) is 24.4 Å². The fourth-order valence-electron chi connectivity index (χ4n) is 2.25. The number of rotatable bonds is 4. The molecule has 1 aromatic heterocycles. The van der Waals surface area contributed by atoms with Crippen LogP contribution in [0.25, 0.3) is 0 Å². The van der Waals surface area contributed by atoms with E-state index in [0.29, 0.717) is 12.2 Å². The number of amides is 1. The first-order valence-corrected chi connectivity index (χ1v) is 6.59. The Balaban J connectivity index is 1.79. The van der Waals surface area contributed by atoms with Crippen molar-refractivity contribution in [2.75, 3.05) is 19.6 Å². The Bertz CT molecular complexity index is 469. The SMILES string of the molecule is NC(CN1CCC(NC(=O)c2ccccn2)CC1)=NO. The van der Waals surface area contributed by atoms with Crippen LogP contribution in [0.2, 0.25) is 0 Å². The van der Waals surface area contributed by atoms with Gasteiger partial charge in [0, 0.05) is 25.3 Å². The summed E-state index contributed by atoms with van der Waals surface area (Å²) in [7, 11) is 0. The fourth-order valence-corrected chi connectivity index (χ4v) is 2.25. The quantitative estimate of drug-likeness (QED) is 0.311. The molecule has 0 saturated carbocycles. The number of pyridine rings is 1. The molecule has 0 unspecified atom stereocenters. The van der Waals surface area contributed by atoms with Crippen molar-refractivity contribution in [1.29, 1.82) is 0 Å². The number of hydrogen-bond acceptors (Lipinski definition) is 5. The van der Waals surface area contributed by atoms with Crippen molar-refractivity contribution < 1.29 is 10.0 Å². The minimum absolute atomic E-state index is 0.138. The number of carbonyl (C=O) groups is 1. The summed E-state index contributed by atoms with van der Waals surface area (Å²) < 4.78 is 0. The smallest absolute Gasteiger partial charge is 0.270 e. The highest BCUT2D eigenvalue weighted by atomic mass is 16.4. The standard InChI is InChI=1S/C13H19N5O2/c14-12(17-20)9-18-7-4-10(5-8-18)16-13(19)11-3-1-2-6-15-11/h1-3,6,10,20H,4-5,7-9H2,(H2,14,17)(H,16,19). The van der Waals surface area contributed by atoms with Crippen LogP contribution in [0.4, 0.5) is 0 Å². The minimum atomic E-state index is -0.138. The summed E-state index contributed by atoms with van der Waals surface area (Å²) in [6.07, 6.45) is 3.29. The van der Waals surface area contributed by atoms with Crippen molar-refractivity contribution in [3.8, 4) is 0 Å². The third-order valence-corrected chi connectivity index (χ3v) is 3.33. The van der Waals surface area contributed by atoms with Crippen LogP contribution >= 0.6 is 0 Å². The first kappa shape index (κ1) is 14.3. The second kappa shape index (κ2) is 6.85. The Morgan fingerprint density at radius 2 is 2.25 bits per heavy atom. The number of piperidine rings is 1. The van der Waals surface area contributed by atoms with Crippen molar-refractivity contribution in [3.05, 3.63) is 30.1 Å². The highest BCUT2D eigenvalue weighted by molar-refractivity contribution is 5.92. The molecule has 2 heterocycles. The van der Waals surface area contributed by atoms with E-state index < -0.39 is 0 Å². The number of nitrogens with two attached hydrogens (primary N) is 1. The highest BCUT2D eigenvalue weighted by Gasteiger charge is 2.21. The van der Waals surface area contributed by atoms with Crippen LogP contribution < -0.4 is 11.1 Å². The minimum Gasteiger partial charge on any atom is -0.409 e. The lowest BCUT2D eigenvalue weighted by Crippen LogP contribution is -2.46. The molecule has 7 heteroatoms. The normalized spacial score (nSPS) is 17.9. The maximum absolute atomic E-state index is 12.0. The summed E-state index contributed by atoms with van der Waals surface area (Å²) in [5.74, 6) is 0.0708. The number of nitrogens with one attached hydrogen (secondary N) is 1. The van der Waals surface area contributed by atoms with Crippen LogP contribution in [0.1, 0.15) is 23.3 Å². The molecule has 0 aromatic carbocycles. The van der Waals surface area contributed by atoms with Crippen LogP contribution in [0, 0.1) is 0 Å². The second-order valence-electron chi connectivity index (χ2n) is 4.83. The number of oxime groups is 1. The van der Waals surface area contributed by atoms with Crippen molar-refractivity contribution in [1.82, 2.24) is 15.2 Å². The van der Waals surface area contributed by atoms with Crippen molar-refractivity contribution in [2.45, 2.75) is 18.9 Å². The Labute approximate surface area is 117 Å². The zero-order valence-corrected chi connectivity index (χ0v) is 11.2. The second-order valence-corrected chi connectivity index (χ2v) is 4.83. The molecule has 0 aliphatic carbocycles. The summed E-state index contributed by atoms with van der Waals surface area (Å²) in [6, 6.07) is 5.42. The van der Waals surface area contributed by atoms with Gasteiger partial charge in [0.15, 0.2) is 5.84 Å². The number of amidine groups is 1. The average Bonchev–Trinajstić information content (AvgIpc) is 2.50. The first-order valence-electron chi connectivity index (χ1n) is 6.59. The Kier molecular flexibility index (Phi) is 4.89. The molecule has 1 aliphatic rings. The Morgan fingerprint density at radius 1 is 1.50 bits per heavy atom. The van der Waals surface area contributed by atoms with Gasteiger partial charge in [-0.3, -0.25) is 14.7 Å². The Morgan fingerprint density at radius 3 is 2.85 bits per heavy atom. The number of aromatic nitrogens is 1. The van der Waals surface area contributed by atoms with Gasteiger partial charge >= 0.3 is 0 Å². The van der Waals surface area contributed by atoms with Crippen LogP contribution in [-0.4, -0.2) is 52.5 Å². The summed E-state index contributed by atoms with van der Waals surface area (Å²) >= 11 is 0. The molecule has 2 rings (SSSR count). The summed E-state index contributed by atoms with van der Waals surface area (Å²) in [6.45, 7) is 2.07. The summed E-state index contributed by atoms with van der Waals surface area (Å²) in [5.41, 5.74) is 5.91. The summed E-state index contributed by atoms with van der Waals surface area (Å²) in [4.78, 5) is 18.1. The van der Waals surface area contributed by atoms with Gasteiger partial charge in [0.1, 0.15) is 5.69 Å². The molecule has 1 saturated heterocycles. The van der Waals surface area contributed by atoms with Crippen molar-refractivity contribution in [3.63, 3.8) is 0 Å². The molecular formula is C13H19N5O2. The summed E-state index contributed by atoms with van der Waals surface area (Å²) in [5, 5.41) is 14.5. The van der Waals surface area contributed by atoms with Crippen molar-refractivity contribution >= 4 is 11.7 Å². The van der Waals surface area contributed by atoms with Crippen LogP contribution in [0.5, 0.6) is 0 Å². The maximum atomic E-state index is 12.0. The predicted octanol–water partition coefficient (Wildman–Crippen LogP) is 0.0222. The zero-order chi connectivity index (χ0) is 14.4. The molecule has 108 valence electrons. The van der Waals surface area contributed by atoms with Gasteiger partial charge < -0.3 is 16.3 Å². The maximum Gasteiger partial charge on any atom is 0.270 e. The van der Waals surface area contributed by atoms with Crippen molar-refractivity contribution in [2.24, 2.45) is 10.9 Å². The third-order valence-electron chi connectivity index (χ3n) is 3.33. The lowest BCUT2D eigenvalue weighted by atomic mass is 10.0. The van der Waals surface area contributed by atoms with Crippen LogP contribution in [0.15, 0.2) is 29.6 Å². The third kappa shape index (κ3) is 3.92. The van der Waals surface area contributed by atoms with Gasteiger partial charge in [-0.15, -0.1) is 0 Å². The molecular weight excluding hydrogens is 258 g/mol. The molecule has 1 aromatic rings. The van der Waals surface area contributed by atoms with Gasteiger partial charge in [-0.25, -0.2) is 0 Å². The molecule has 0 spiro atoms. The largest absolute Gasteiger partial charge is 0.409 e. The van der Waals surface area contributed by atoms with E-state index >= 15 is 0 Å². The molecule has 20 heavy (non-hydrogen) atoms. The number of carbonyl (C=O) groups excluding carboxylic acids is 1. The fraction of sp³-hybridized carbons (Fsp3) is 0.462. The highest BCUT2D eigenvalue weighted by Crippen LogP contribution is 2.10. The monoisotopic (exact) mass is 277 g/mol. The number of nitrogens with zero attached hydrogens (tertiary/aromatic N) is 3. The van der Waals surface area contributed by atoms with E-state index in [4.69, 9.17) is 10.9 Å². The van der Waals surface area contributed by atoms with E-state index in [2.05, 4.69) is 20.4 Å². The van der Waals surface area contributed by atoms with Gasteiger partial charge in [-0.2, -0.15) is 0 Å². The van der Waals surface area contributed by atoms with E-state index in [-0.39, 0.29) is 17.8 Å². The zero-order valence-electron chi connectivity index (χ0n) is 11.2. The van der Waals surface area contributed by atoms with Gasteiger partial charge in [-0.1, -0.05) is 11.2 Å². The molecule has 1 aliphatic heterocycles. The lowest BCUT2D eigenvalue weighted by molar-refractivity contribution is 0.0909. The average molecular weight is 277 g/mol. The van der Waals surface area contributed by atoms with Gasteiger partial charge in [0.05, 0.1) is 6.54 Å². The molecule has 0 radical (unpaired) electrons. The molecule has 4 N–H and O–H groups in total. The molecule has 1 fully saturated rings. The predicted molar refractivity (Wildman–Crippen MR) is 74.6 cm³/mol. The van der Waals surface area contributed by atoms with Crippen LogP contribution in [-0.2, 0) is 0 Å². The topological polar surface area (TPSA) is 104 Å². The number of hydrogen-bond donors (Lipinski definition) is 3. The lowest BCUT2D eigenvalue weighted by Gasteiger charge is -2.31.